The summed E-state index contributed by atoms with van der Waals surface area (Å²) in [7, 11) is 0. The van der Waals surface area contributed by atoms with Gasteiger partial charge in [0.1, 0.15) is 5.75 Å². The summed E-state index contributed by atoms with van der Waals surface area (Å²) in [4.78, 5) is 23.9. The zero-order chi connectivity index (χ0) is 16.8. The van der Waals surface area contributed by atoms with Crippen LogP contribution in [0.4, 0.5) is 5.69 Å². The number of amides is 2. The predicted octanol–water partition coefficient (Wildman–Crippen LogP) is 2.02. The summed E-state index contributed by atoms with van der Waals surface area (Å²) >= 11 is 0. The SMILES string of the molecule is Cc1ccc2c(c1)NC(=O)[C@H](CC(=O)NCCCOC(C)C)O2. The van der Waals surface area contributed by atoms with E-state index in [4.69, 9.17) is 9.47 Å². The molecule has 0 fully saturated rings. The second-order valence-electron chi connectivity index (χ2n) is 5.92. The molecule has 1 atom stereocenters. The Labute approximate surface area is 136 Å². The molecule has 1 aliphatic rings. The van der Waals surface area contributed by atoms with Gasteiger partial charge in [0.25, 0.3) is 5.91 Å². The summed E-state index contributed by atoms with van der Waals surface area (Å²) in [5.41, 5.74) is 1.69. The molecule has 0 radical (unpaired) electrons. The van der Waals surface area contributed by atoms with E-state index in [1.165, 1.54) is 0 Å². The van der Waals surface area contributed by atoms with Gasteiger partial charge >= 0.3 is 0 Å². The molecule has 23 heavy (non-hydrogen) atoms. The van der Waals surface area contributed by atoms with Crippen molar-refractivity contribution in [3.05, 3.63) is 23.8 Å². The first kappa shape index (κ1) is 17.3. The van der Waals surface area contributed by atoms with Crippen LogP contribution in [0.15, 0.2) is 18.2 Å². The highest BCUT2D eigenvalue weighted by Crippen LogP contribution is 2.30. The number of aryl methyl sites for hydroxylation is 1. The van der Waals surface area contributed by atoms with Crippen LogP contribution in [-0.4, -0.2) is 37.2 Å². The standard InChI is InChI=1S/C17H24N2O4/c1-11(2)22-8-4-7-18-16(20)10-15-17(21)19-13-9-12(3)5-6-14(13)23-15/h5-6,9,11,15H,4,7-8,10H2,1-3H3,(H,18,20)(H,19,21)/t15-/m0/s1. The largest absolute Gasteiger partial charge is 0.478 e. The fourth-order valence-electron chi connectivity index (χ4n) is 2.26. The maximum atomic E-state index is 12.0. The van der Waals surface area contributed by atoms with Gasteiger partial charge < -0.3 is 20.1 Å². The van der Waals surface area contributed by atoms with Crippen LogP contribution >= 0.6 is 0 Å². The molecule has 0 saturated carbocycles. The van der Waals surface area contributed by atoms with E-state index >= 15 is 0 Å². The quantitative estimate of drug-likeness (QED) is 0.754. The first-order valence-electron chi connectivity index (χ1n) is 7.92. The van der Waals surface area contributed by atoms with Crippen molar-refractivity contribution in [1.82, 2.24) is 5.32 Å². The predicted molar refractivity (Wildman–Crippen MR) is 87.6 cm³/mol. The highest BCUT2D eigenvalue weighted by molar-refractivity contribution is 6.00. The normalized spacial score (nSPS) is 16.5. The molecule has 0 aromatic heterocycles. The third-order valence-electron chi connectivity index (χ3n) is 3.42. The number of hydrogen-bond acceptors (Lipinski definition) is 4. The molecule has 2 amide bonds. The lowest BCUT2D eigenvalue weighted by atomic mass is 10.1. The average molecular weight is 320 g/mol. The smallest absolute Gasteiger partial charge is 0.266 e. The first-order valence-corrected chi connectivity index (χ1v) is 7.92. The van der Waals surface area contributed by atoms with Crippen LogP contribution in [0.5, 0.6) is 5.75 Å². The number of ether oxygens (including phenoxy) is 2. The van der Waals surface area contributed by atoms with Gasteiger partial charge in [0.15, 0.2) is 6.10 Å². The summed E-state index contributed by atoms with van der Waals surface area (Å²) in [6.45, 7) is 7.00. The highest BCUT2D eigenvalue weighted by Gasteiger charge is 2.29. The van der Waals surface area contributed by atoms with E-state index in [1.807, 2.05) is 32.9 Å². The van der Waals surface area contributed by atoms with Gasteiger partial charge in [-0.15, -0.1) is 0 Å². The number of carbonyl (C=O) groups excluding carboxylic acids is 2. The van der Waals surface area contributed by atoms with Crippen LogP contribution in [0.2, 0.25) is 0 Å². The third-order valence-corrected chi connectivity index (χ3v) is 3.42. The fourth-order valence-corrected chi connectivity index (χ4v) is 2.26. The van der Waals surface area contributed by atoms with Crippen LogP contribution in [0.1, 0.15) is 32.3 Å². The molecule has 2 rings (SSSR count). The minimum atomic E-state index is -0.794. The summed E-state index contributed by atoms with van der Waals surface area (Å²) in [6, 6.07) is 5.55. The number of anilines is 1. The lowest BCUT2D eigenvalue weighted by molar-refractivity contribution is -0.130. The summed E-state index contributed by atoms with van der Waals surface area (Å²) in [5.74, 6) is 0.102. The van der Waals surface area contributed by atoms with Gasteiger partial charge in [-0.2, -0.15) is 0 Å². The van der Waals surface area contributed by atoms with Crippen molar-refractivity contribution in [3.8, 4) is 5.75 Å². The second kappa shape index (κ2) is 7.97. The molecular formula is C17H24N2O4. The number of rotatable bonds is 7. The van der Waals surface area contributed by atoms with Crippen molar-refractivity contribution >= 4 is 17.5 Å². The molecule has 0 spiro atoms. The summed E-state index contributed by atoms with van der Waals surface area (Å²) < 4.78 is 11.0. The maximum absolute atomic E-state index is 12.0. The Morgan fingerprint density at radius 1 is 1.43 bits per heavy atom. The Hall–Kier alpha value is -2.08. The van der Waals surface area contributed by atoms with Gasteiger partial charge in [-0.05, 0) is 44.9 Å². The number of benzene rings is 1. The van der Waals surface area contributed by atoms with Gasteiger partial charge in [0, 0.05) is 13.2 Å². The van der Waals surface area contributed by atoms with Crippen molar-refractivity contribution in [3.63, 3.8) is 0 Å². The van der Waals surface area contributed by atoms with E-state index in [2.05, 4.69) is 10.6 Å². The molecule has 6 heteroatoms. The zero-order valence-electron chi connectivity index (χ0n) is 13.8. The molecule has 0 unspecified atom stereocenters. The molecule has 0 aliphatic carbocycles. The van der Waals surface area contributed by atoms with Gasteiger partial charge in [0.05, 0.1) is 18.2 Å². The van der Waals surface area contributed by atoms with Gasteiger partial charge in [-0.3, -0.25) is 9.59 Å². The van der Waals surface area contributed by atoms with Crippen LogP contribution in [0.25, 0.3) is 0 Å². The topological polar surface area (TPSA) is 76.7 Å². The Bertz CT molecular complexity index is 572. The number of nitrogens with one attached hydrogen (secondary N) is 2. The van der Waals surface area contributed by atoms with Crippen molar-refractivity contribution in [1.29, 1.82) is 0 Å². The number of carbonyl (C=O) groups is 2. The van der Waals surface area contributed by atoms with E-state index in [0.717, 1.165) is 12.0 Å². The Balaban J connectivity index is 1.78. The monoisotopic (exact) mass is 320 g/mol. The molecular weight excluding hydrogens is 296 g/mol. The number of hydrogen-bond donors (Lipinski definition) is 2. The molecule has 0 saturated heterocycles. The molecule has 2 N–H and O–H groups in total. The van der Waals surface area contributed by atoms with E-state index in [9.17, 15) is 9.59 Å². The van der Waals surface area contributed by atoms with E-state index < -0.39 is 6.10 Å². The van der Waals surface area contributed by atoms with Crippen LogP contribution in [0.3, 0.4) is 0 Å². The van der Waals surface area contributed by atoms with Crippen molar-refractivity contribution in [2.24, 2.45) is 0 Å². The number of fused-ring (bicyclic) bond motifs is 1. The molecule has 1 aliphatic heterocycles. The van der Waals surface area contributed by atoms with E-state index in [0.29, 0.717) is 24.6 Å². The molecule has 1 heterocycles. The van der Waals surface area contributed by atoms with Crippen LogP contribution in [-0.2, 0) is 14.3 Å². The Morgan fingerprint density at radius 3 is 2.96 bits per heavy atom. The van der Waals surface area contributed by atoms with Gasteiger partial charge in [0.2, 0.25) is 5.91 Å². The van der Waals surface area contributed by atoms with Crippen LogP contribution in [0, 0.1) is 6.92 Å². The van der Waals surface area contributed by atoms with E-state index in [-0.39, 0.29) is 24.3 Å². The van der Waals surface area contributed by atoms with Crippen molar-refractivity contribution < 1.29 is 19.1 Å². The molecule has 1 aromatic rings. The summed E-state index contributed by atoms with van der Waals surface area (Å²) in [5, 5.41) is 5.56. The maximum Gasteiger partial charge on any atom is 0.266 e. The minimum Gasteiger partial charge on any atom is -0.478 e. The first-order chi connectivity index (χ1) is 11.0. The third kappa shape index (κ3) is 5.25. The fraction of sp³-hybridized carbons (Fsp3) is 0.529. The van der Waals surface area contributed by atoms with Gasteiger partial charge in [-0.25, -0.2) is 0 Å². The molecule has 126 valence electrons. The van der Waals surface area contributed by atoms with E-state index in [1.54, 1.807) is 6.07 Å². The lowest BCUT2D eigenvalue weighted by Crippen LogP contribution is -2.41. The average Bonchev–Trinajstić information content (AvgIpc) is 2.47. The second-order valence-corrected chi connectivity index (χ2v) is 5.92. The molecule has 1 aromatic carbocycles. The van der Waals surface area contributed by atoms with Gasteiger partial charge in [-0.1, -0.05) is 6.07 Å². The Morgan fingerprint density at radius 2 is 2.22 bits per heavy atom. The Kier molecular flexibility index (Phi) is 5.98. The molecule has 6 nitrogen and oxygen atoms in total. The van der Waals surface area contributed by atoms with Crippen molar-refractivity contribution in [2.45, 2.75) is 45.8 Å². The van der Waals surface area contributed by atoms with Crippen LogP contribution < -0.4 is 15.4 Å². The minimum absolute atomic E-state index is 0.00415. The summed E-state index contributed by atoms with van der Waals surface area (Å²) in [6.07, 6.45) is 0.138. The lowest BCUT2D eigenvalue weighted by Gasteiger charge is -2.25. The zero-order valence-corrected chi connectivity index (χ0v) is 13.8. The molecule has 0 bridgehead atoms. The highest BCUT2D eigenvalue weighted by atomic mass is 16.5. The van der Waals surface area contributed by atoms with Crippen molar-refractivity contribution in [2.75, 3.05) is 18.5 Å².